The smallest absolute Gasteiger partial charge is 0.265 e. The van der Waals surface area contributed by atoms with Crippen LogP contribution in [0.3, 0.4) is 0 Å². The summed E-state index contributed by atoms with van der Waals surface area (Å²) in [6.45, 7) is 3.33. The topological polar surface area (TPSA) is 69.8 Å². The van der Waals surface area contributed by atoms with E-state index in [-0.39, 0.29) is 5.91 Å². The van der Waals surface area contributed by atoms with Gasteiger partial charge in [0.05, 0.1) is 16.3 Å². The Balaban J connectivity index is 2.22. The number of nitrogens with zero attached hydrogens (tertiary/aromatic N) is 2. The van der Waals surface area contributed by atoms with Gasteiger partial charge < -0.3 is 20.6 Å². The standard InChI is InChI=1S/C13H21N3O2S/c1-13(18)5-4-6-16(8-13)10-7-9(14)11(19-10)12(17)15(2)3/h7,18H,4-6,8,14H2,1-3H3. The summed E-state index contributed by atoms with van der Waals surface area (Å²) in [6.07, 6.45) is 1.76. The van der Waals surface area contributed by atoms with Crippen molar-refractivity contribution < 1.29 is 9.90 Å². The Bertz CT molecular complexity index is 482. The lowest BCUT2D eigenvalue weighted by molar-refractivity contribution is 0.0451. The summed E-state index contributed by atoms with van der Waals surface area (Å²) in [5, 5.41) is 11.1. The quantitative estimate of drug-likeness (QED) is 0.860. The summed E-state index contributed by atoms with van der Waals surface area (Å²) in [5.41, 5.74) is 5.78. The molecular weight excluding hydrogens is 262 g/mol. The molecule has 1 unspecified atom stereocenters. The van der Waals surface area contributed by atoms with Crippen LogP contribution >= 0.6 is 11.3 Å². The molecule has 5 nitrogen and oxygen atoms in total. The molecule has 1 aromatic rings. The highest BCUT2D eigenvalue weighted by Crippen LogP contribution is 2.35. The fraction of sp³-hybridized carbons (Fsp3) is 0.615. The molecule has 0 bridgehead atoms. The van der Waals surface area contributed by atoms with Gasteiger partial charge in [0.2, 0.25) is 0 Å². The Morgan fingerprint density at radius 2 is 2.26 bits per heavy atom. The highest BCUT2D eigenvalue weighted by atomic mass is 32.1. The third kappa shape index (κ3) is 3.01. The Morgan fingerprint density at radius 1 is 1.58 bits per heavy atom. The van der Waals surface area contributed by atoms with Gasteiger partial charge in [-0.05, 0) is 25.8 Å². The van der Waals surface area contributed by atoms with Gasteiger partial charge >= 0.3 is 0 Å². The van der Waals surface area contributed by atoms with E-state index in [2.05, 4.69) is 4.90 Å². The molecule has 19 heavy (non-hydrogen) atoms. The zero-order chi connectivity index (χ0) is 14.2. The van der Waals surface area contributed by atoms with E-state index in [1.54, 1.807) is 14.1 Å². The second-order valence-corrected chi connectivity index (χ2v) is 6.62. The predicted molar refractivity (Wildman–Crippen MR) is 78.8 cm³/mol. The molecule has 6 heteroatoms. The highest BCUT2D eigenvalue weighted by molar-refractivity contribution is 7.18. The minimum absolute atomic E-state index is 0.0717. The summed E-state index contributed by atoms with van der Waals surface area (Å²) >= 11 is 1.40. The maximum Gasteiger partial charge on any atom is 0.265 e. The van der Waals surface area contributed by atoms with Crippen LogP contribution in [0.25, 0.3) is 0 Å². The fourth-order valence-electron chi connectivity index (χ4n) is 2.33. The van der Waals surface area contributed by atoms with Crippen LogP contribution in [-0.2, 0) is 0 Å². The molecule has 1 atom stereocenters. The van der Waals surface area contributed by atoms with Crippen LogP contribution in [0.15, 0.2) is 6.07 Å². The molecule has 2 heterocycles. The third-order valence-corrected chi connectivity index (χ3v) is 4.53. The number of nitrogens with two attached hydrogens (primary N) is 1. The SMILES string of the molecule is CN(C)C(=O)c1sc(N2CCCC(C)(O)C2)cc1N. The van der Waals surface area contributed by atoms with E-state index in [0.29, 0.717) is 17.1 Å². The van der Waals surface area contributed by atoms with Crippen LogP contribution in [0.4, 0.5) is 10.7 Å². The molecule has 2 rings (SSSR count). The molecule has 1 aliphatic rings. The van der Waals surface area contributed by atoms with E-state index < -0.39 is 5.60 Å². The molecule has 1 fully saturated rings. The fourth-order valence-corrected chi connectivity index (χ4v) is 3.45. The number of hydrogen-bond acceptors (Lipinski definition) is 5. The maximum absolute atomic E-state index is 12.0. The van der Waals surface area contributed by atoms with Crippen molar-refractivity contribution >= 4 is 27.9 Å². The lowest BCUT2D eigenvalue weighted by Crippen LogP contribution is -2.45. The Kier molecular flexibility index (Phi) is 3.73. The first-order chi connectivity index (χ1) is 8.80. The number of piperidine rings is 1. The number of hydrogen-bond donors (Lipinski definition) is 2. The van der Waals surface area contributed by atoms with Crippen LogP contribution in [0.2, 0.25) is 0 Å². The van der Waals surface area contributed by atoms with Crippen molar-refractivity contribution in [3.63, 3.8) is 0 Å². The van der Waals surface area contributed by atoms with Crippen molar-refractivity contribution in [1.29, 1.82) is 0 Å². The van der Waals surface area contributed by atoms with Gasteiger partial charge in [-0.3, -0.25) is 4.79 Å². The Labute approximate surface area is 117 Å². The largest absolute Gasteiger partial charge is 0.397 e. The minimum Gasteiger partial charge on any atom is -0.397 e. The molecule has 0 spiro atoms. The lowest BCUT2D eigenvalue weighted by atomic mass is 9.95. The van der Waals surface area contributed by atoms with Crippen molar-refractivity contribution in [2.75, 3.05) is 37.8 Å². The molecule has 0 saturated carbocycles. The monoisotopic (exact) mass is 283 g/mol. The van der Waals surface area contributed by atoms with E-state index >= 15 is 0 Å². The number of β-amino-alcohol motifs (C(OH)–C–C–N with tert-alkyl or cyclic N) is 1. The molecule has 1 saturated heterocycles. The van der Waals surface area contributed by atoms with Gasteiger partial charge in [0.25, 0.3) is 5.91 Å². The molecule has 1 amide bonds. The van der Waals surface area contributed by atoms with Crippen molar-refractivity contribution in [3.05, 3.63) is 10.9 Å². The predicted octanol–water partition coefficient (Wildman–Crippen LogP) is 1.38. The van der Waals surface area contributed by atoms with Crippen LogP contribution in [-0.4, -0.2) is 48.7 Å². The van der Waals surface area contributed by atoms with Gasteiger partial charge in [0.1, 0.15) is 4.88 Å². The number of nitrogen functional groups attached to an aromatic ring is 1. The number of carbonyl (C=O) groups is 1. The molecule has 3 N–H and O–H groups in total. The van der Waals surface area contributed by atoms with E-state index in [0.717, 1.165) is 24.4 Å². The van der Waals surface area contributed by atoms with Gasteiger partial charge in [-0.25, -0.2) is 0 Å². The molecule has 0 radical (unpaired) electrons. The normalized spacial score (nSPS) is 23.5. The molecule has 0 aliphatic carbocycles. The average Bonchev–Trinajstić information content (AvgIpc) is 2.69. The van der Waals surface area contributed by atoms with Gasteiger partial charge in [-0.1, -0.05) is 0 Å². The summed E-state index contributed by atoms with van der Waals surface area (Å²) in [4.78, 5) is 16.2. The van der Waals surface area contributed by atoms with Crippen molar-refractivity contribution in [2.24, 2.45) is 0 Å². The minimum atomic E-state index is -0.664. The van der Waals surface area contributed by atoms with Crippen LogP contribution < -0.4 is 10.6 Å². The number of aliphatic hydroxyl groups is 1. The maximum atomic E-state index is 12.0. The van der Waals surface area contributed by atoms with Gasteiger partial charge in [0, 0.05) is 27.2 Å². The van der Waals surface area contributed by atoms with E-state index in [1.807, 2.05) is 13.0 Å². The summed E-state index contributed by atoms with van der Waals surface area (Å²) in [5.74, 6) is -0.0717. The highest BCUT2D eigenvalue weighted by Gasteiger charge is 2.30. The number of thiophene rings is 1. The number of carbonyl (C=O) groups excluding carboxylic acids is 1. The second-order valence-electron chi connectivity index (χ2n) is 5.59. The van der Waals surface area contributed by atoms with Gasteiger partial charge in [-0.15, -0.1) is 11.3 Å². The summed E-state index contributed by atoms with van der Waals surface area (Å²) < 4.78 is 0. The van der Waals surface area contributed by atoms with Crippen LogP contribution in [0.5, 0.6) is 0 Å². The van der Waals surface area contributed by atoms with Crippen LogP contribution in [0.1, 0.15) is 29.4 Å². The molecule has 1 aliphatic heterocycles. The summed E-state index contributed by atoms with van der Waals surface area (Å²) in [6, 6.07) is 1.84. The third-order valence-electron chi connectivity index (χ3n) is 3.33. The molecule has 0 aromatic carbocycles. The molecule has 106 valence electrons. The Morgan fingerprint density at radius 3 is 2.84 bits per heavy atom. The van der Waals surface area contributed by atoms with Crippen LogP contribution in [0, 0.1) is 0 Å². The first-order valence-electron chi connectivity index (χ1n) is 6.38. The Hall–Kier alpha value is -1.27. The second kappa shape index (κ2) is 5.02. The first kappa shape index (κ1) is 14.1. The van der Waals surface area contributed by atoms with E-state index in [1.165, 1.54) is 16.2 Å². The lowest BCUT2D eigenvalue weighted by Gasteiger charge is -2.37. The number of rotatable bonds is 2. The van der Waals surface area contributed by atoms with Crippen molar-refractivity contribution in [3.8, 4) is 0 Å². The first-order valence-corrected chi connectivity index (χ1v) is 7.20. The number of amides is 1. The van der Waals surface area contributed by atoms with Crippen molar-refractivity contribution in [1.82, 2.24) is 4.90 Å². The van der Waals surface area contributed by atoms with Crippen molar-refractivity contribution in [2.45, 2.75) is 25.4 Å². The van der Waals surface area contributed by atoms with E-state index in [9.17, 15) is 9.90 Å². The molecular formula is C13H21N3O2S. The zero-order valence-corrected chi connectivity index (χ0v) is 12.5. The van der Waals surface area contributed by atoms with E-state index in [4.69, 9.17) is 5.73 Å². The number of anilines is 2. The van der Waals surface area contributed by atoms with Gasteiger partial charge in [-0.2, -0.15) is 0 Å². The van der Waals surface area contributed by atoms with Gasteiger partial charge in [0.15, 0.2) is 0 Å². The average molecular weight is 283 g/mol. The molecule has 1 aromatic heterocycles. The zero-order valence-electron chi connectivity index (χ0n) is 11.6. The summed E-state index contributed by atoms with van der Waals surface area (Å²) in [7, 11) is 3.43.